The van der Waals surface area contributed by atoms with Crippen LogP contribution in [0.1, 0.15) is 5.69 Å². The molecule has 110 valence electrons. The summed E-state index contributed by atoms with van der Waals surface area (Å²) in [5, 5.41) is 0. The molecule has 2 heterocycles. The van der Waals surface area contributed by atoms with Crippen LogP contribution in [0.2, 0.25) is 0 Å². The number of para-hydroxylation sites is 1. The van der Waals surface area contributed by atoms with Gasteiger partial charge in [-0.2, -0.15) is 0 Å². The van der Waals surface area contributed by atoms with Gasteiger partial charge in [-0.3, -0.25) is 9.88 Å². The molecule has 0 radical (unpaired) electrons. The zero-order valence-electron chi connectivity index (χ0n) is 12.0. The maximum Gasteiger partial charge on any atom is 0.135 e. The molecule has 1 aromatic carbocycles. The summed E-state index contributed by atoms with van der Waals surface area (Å²) in [6, 6.07) is 15.9. The second-order valence-electron chi connectivity index (χ2n) is 5.18. The Bertz CT molecular complexity index is 484. The topological polar surface area (TPSA) is 34.6 Å². The highest BCUT2D eigenvalue weighted by atomic mass is 16.5. The lowest BCUT2D eigenvalue weighted by Crippen LogP contribution is -2.35. The zero-order chi connectivity index (χ0) is 14.3. The maximum atomic E-state index is 6.02. The molecule has 1 aromatic heterocycles. The summed E-state index contributed by atoms with van der Waals surface area (Å²) in [5.74, 6) is 0.894. The maximum absolute atomic E-state index is 6.02. The van der Waals surface area contributed by atoms with E-state index in [4.69, 9.17) is 9.47 Å². The Kier molecular flexibility index (Phi) is 4.82. The van der Waals surface area contributed by atoms with Crippen molar-refractivity contribution in [3.8, 4) is 5.75 Å². The van der Waals surface area contributed by atoms with Crippen molar-refractivity contribution in [2.75, 3.05) is 26.3 Å². The minimum absolute atomic E-state index is 0.0543. The predicted octanol–water partition coefficient (Wildman–Crippen LogP) is 2.36. The van der Waals surface area contributed by atoms with Crippen molar-refractivity contribution in [3.05, 3.63) is 60.4 Å². The standard InChI is InChI=1S/C17H20N2O2/c1-2-7-16(8-3-1)21-17-13-19(10-11-20-14-17)12-15-6-4-5-9-18-15/h1-9,17H,10-14H2. The number of aromatic nitrogens is 1. The van der Waals surface area contributed by atoms with Crippen molar-refractivity contribution in [3.63, 3.8) is 0 Å². The number of rotatable bonds is 4. The van der Waals surface area contributed by atoms with Crippen LogP contribution in [0.25, 0.3) is 0 Å². The quantitative estimate of drug-likeness (QED) is 0.863. The molecular weight excluding hydrogens is 264 g/mol. The van der Waals surface area contributed by atoms with Crippen molar-refractivity contribution < 1.29 is 9.47 Å². The fraction of sp³-hybridized carbons (Fsp3) is 0.353. The van der Waals surface area contributed by atoms with Crippen LogP contribution in [0.15, 0.2) is 54.7 Å². The van der Waals surface area contributed by atoms with Gasteiger partial charge in [-0.1, -0.05) is 24.3 Å². The first-order valence-corrected chi connectivity index (χ1v) is 7.32. The molecule has 3 rings (SSSR count). The molecule has 1 atom stereocenters. The molecule has 0 bridgehead atoms. The first kappa shape index (κ1) is 14.0. The van der Waals surface area contributed by atoms with E-state index in [9.17, 15) is 0 Å². The average Bonchev–Trinajstić information content (AvgIpc) is 2.74. The van der Waals surface area contributed by atoms with E-state index in [0.29, 0.717) is 6.61 Å². The van der Waals surface area contributed by atoms with Crippen molar-refractivity contribution in [2.45, 2.75) is 12.6 Å². The molecule has 1 unspecified atom stereocenters. The number of hydrogen-bond donors (Lipinski definition) is 0. The number of pyridine rings is 1. The van der Waals surface area contributed by atoms with Crippen LogP contribution in [-0.2, 0) is 11.3 Å². The van der Waals surface area contributed by atoms with Gasteiger partial charge in [0.25, 0.3) is 0 Å². The fourth-order valence-corrected chi connectivity index (χ4v) is 2.47. The highest BCUT2D eigenvalue weighted by molar-refractivity contribution is 5.21. The third-order valence-corrected chi connectivity index (χ3v) is 3.48. The van der Waals surface area contributed by atoms with E-state index in [1.54, 1.807) is 0 Å². The van der Waals surface area contributed by atoms with Gasteiger partial charge < -0.3 is 9.47 Å². The molecule has 1 saturated heterocycles. The van der Waals surface area contributed by atoms with Gasteiger partial charge in [0.15, 0.2) is 0 Å². The Balaban J connectivity index is 1.61. The summed E-state index contributed by atoms with van der Waals surface area (Å²) in [4.78, 5) is 6.73. The number of nitrogens with zero attached hydrogens (tertiary/aromatic N) is 2. The SMILES string of the molecule is c1ccc(OC2COCCN(Cc3ccccn3)C2)cc1. The van der Waals surface area contributed by atoms with E-state index in [1.807, 2.05) is 48.7 Å². The van der Waals surface area contributed by atoms with E-state index in [1.165, 1.54) is 0 Å². The molecule has 0 spiro atoms. The van der Waals surface area contributed by atoms with Crippen LogP contribution in [-0.4, -0.2) is 42.3 Å². The van der Waals surface area contributed by atoms with Crippen LogP contribution in [0.5, 0.6) is 5.75 Å². The minimum Gasteiger partial charge on any atom is -0.487 e. The third-order valence-electron chi connectivity index (χ3n) is 3.48. The molecule has 0 amide bonds. The molecule has 1 aliphatic heterocycles. The van der Waals surface area contributed by atoms with E-state index in [2.05, 4.69) is 16.0 Å². The lowest BCUT2D eigenvalue weighted by Gasteiger charge is -2.23. The molecule has 1 fully saturated rings. The number of ether oxygens (including phenoxy) is 2. The van der Waals surface area contributed by atoms with Gasteiger partial charge in [0.05, 0.1) is 18.9 Å². The Morgan fingerprint density at radius 1 is 1.14 bits per heavy atom. The lowest BCUT2D eigenvalue weighted by atomic mass is 10.3. The van der Waals surface area contributed by atoms with Gasteiger partial charge >= 0.3 is 0 Å². The van der Waals surface area contributed by atoms with Crippen molar-refractivity contribution >= 4 is 0 Å². The van der Waals surface area contributed by atoms with Gasteiger partial charge in [-0.25, -0.2) is 0 Å². The van der Waals surface area contributed by atoms with Crippen LogP contribution in [0, 0.1) is 0 Å². The van der Waals surface area contributed by atoms with Gasteiger partial charge in [0.1, 0.15) is 11.9 Å². The smallest absolute Gasteiger partial charge is 0.135 e. The highest BCUT2D eigenvalue weighted by Crippen LogP contribution is 2.14. The summed E-state index contributed by atoms with van der Waals surface area (Å²) in [6.07, 6.45) is 1.89. The van der Waals surface area contributed by atoms with Crippen molar-refractivity contribution in [1.29, 1.82) is 0 Å². The Labute approximate surface area is 125 Å². The minimum atomic E-state index is 0.0543. The largest absolute Gasteiger partial charge is 0.487 e. The first-order chi connectivity index (χ1) is 10.4. The van der Waals surface area contributed by atoms with Gasteiger partial charge in [-0.05, 0) is 24.3 Å². The van der Waals surface area contributed by atoms with Gasteiger partial charge in [0, 0.05) is 25.8 Å². The molecule has 0 N–H and O–H groups in total. The summed E-state index contributed by atoms with van der Waals surface area (Å²) >= 11 is 0. The highest BCUT2D eigenvalue weighted by Gasteiger charge is 2.20. The normalized spacial score (nSPS) is 19.9. The monoisotopic (exact) mass is 284 g/mol. The number of hydrogen-bond acceptors (Lipinski definition) is 4. The van der Waals surface area contributed by atoms with Crippen molar-refractivity contribution in [2.24, 2.45) is 0 Å². The van der Waals surface area contributed by atoms with Crippen LogP contribution in [0.3, 0.4) is 0 Å². The summed E-state index contributed by atoms with van der Waals surface area (Å²) in [6.45, 7) is 3.96. The van der Waals surface area contributed by atoms with Crippen LogP contribution in [0.4, 0.5) is 0 Å². The van der Waals surface area contributed by atoms with Gasteiger partial charge in [0.2, 0.25) is 0 Å². The van der Waals surface area contributed by atoms with Gasteiger partial charge in [-0.15, -0.1) is 0 Å². The number of benzene rings is 1. The van der Waals surface area contributed by atoms with E-state index in [-0.39, 0.29) is 6.10 Å². The summed E-state index contributed by atoms with van der Waals surface area (Å²) < 4.78 is 11.7. The average molecular weight is 284 g/mol. The molecule has 2 aromatic rings. The molecule has 4 nitrogen and oxygen atoms in total. The fourth-order valence-electron chi connectivity index (χ4n) is 2.47. The van der Waals surface area contributed by atoms with E-state index < -0.39 is 0 Å². The van der Waals surface area contributed by atoms with Crippen LogP contribution < -0.4 is 4.74 Å². The molecule has 4 heteroatoms. The predicted molar refractivity (Wildman–Crippen MR) is 81.2 cm³/mol. The Morgan fingerprint density at radius 3 is 2.81 bits per heavy atom. The Hall–Kier alpha value is -1.91. The third kappa shape index (κ3) is 4.28. The summed E-state index contributed by atoms with van der Waals surface area (Å²) in [5.41, 5.74) is 1.08. The molecule has 21 heavy (non-hydrogen) atoms. The van der Waals surface area contributed by atoms with Crippen molar-refractivity contribution in [1.82, 2.24) is 9.88 Å². The lowest BCUT2D eigenvalue weighted by molar-refractivity contribution is 0.0710. The summed E-state index contributed by atoms with van der Waals surface area (Å²) in [7, 11) is 0. The molecule has 0 saturated carbocycles. The van der Waals surface area contributed by atoms with Crippen LogP contribution >= 0.6 is 0 Å². The zero-order valence-corrected chi connectivity index (χ0v) is 12.0. The molecule has 0 aliphatic carbocycles. The second-order valence-corrected chi connectivity index (χ2v) is 5.18. The molecular formula is C17H20N2O2. The van der Waals surface area contributed by atoms with E-state index >= 15 is 0 Å². The van der Waals surface area contributed by atoms with E-state index in [0.717, 1.165) is 37.7 Å². The Morgan fingerprint density at radius 2 is 2.00 bits per heavy atom. The molecule has 1 aliphatic rings. The second kappa shape index (κ2) is 7.20. The first-order valence-electron chi connectivity index (χ1n) is 7.32.